The van der Waals surface area contributed by atoms with Crippen molar-refractivity contribution in [3.8, 4) is 0 Å². The summed E-state index contributed by atoms with van der Waals surface area (Å²) in [7, 11) is 0. The fourth-order valence-electron chi connectivity index (χ4n) is 2.56. The molecule has 2 nitrogen and oxygen atoms in total. The predicted molar refractivity (Wildman–Crippen MR) is 57.3 cm³/mol. The maximum absolute atomic E-state index is 5.65. The highest BCUT2D eigenvalue weighted by Crippen LogP contribution is 2.35. The van der Waals surface area contributed by atoms with E-state index in [0.717, 1.165) is 19.4 Å². The van der Waals surface area contributed by atoms with E-state index in [-0.39, 0.29) is 5.54 Å². The first-order valence-corrected chi connectivity index (χ1v) is 5.64. The van der Waals surface area contributed by atoms with Crippen LogP contribution in [0.3, 0.4) is 0 Å². The third-order valence-corrected chi connectivity index (χ3v) is 3.32. The molecule has 78 valence electrons. The van der Waals surface area contributed by atoms with Crippen LogP contribution in [-0.2, 0) is 12.0 Å². The Balaban J connectivity index is 2.36. The van der Waals surface area contributed by atoms with E-state index in [1.807, 2.05) is 6.26 Å². The lowest BCUT2D eigenvalue weighted by atomic mass is 9.83. The molecule has 0 bridgehead atoms. The number of hydrogen-bond donors (Lipinski definition) is 1. The van der Waals surface area contributed by atoms with E-state index < -0.39 is 0 Å². The van der Waals surface area contributed by atoms with Crippen LogP contribution in [-0.4, -0.2) is 6.54 Å². The number of nitrogens with one attached hydrogen (secondary N) is 1. The van der Waals surface area contributed by atoms with Crippen molar-refractivity contribution in [3.05, 3.63) is 23.7 Å². The maximum atomic E-state index is 5.65. The number of furan rings is 1. The summed E-state index contributed by atoms with van der Waals surface area (Å²) in [5.74, 6) is 1.19. The molecular weight excluding hydrogens is 174 g/mol. The summed E-state index contributed by atoms with van der Waals surface area (Å²) in [4.78, 5) is 0. The molecule has 0 aliphatic carbocycles. The second kappa shape index (κ2) is 3.77. The predicted octanol–water partition coefficient (Wildman–Crippen LogP) is 2.83. The highest BCUT2D eigenvalue weighted by Gasteiger charge is 2.36. The zero-order valence-corrected chi connectivity index (χ0v) is 9.10. The first-order chi connectivity index (χ1) is 6.82. The summed E-state index contributed by atoms with van der Waals surface area (Å²) < 4.78 is 5.65. The highest BCUT2D eigenvalue weighted by molar-refractivity contribution is 5.28. The quantitative estimate of drug-likeness (QED) is 0.798. The van der Waals surface area contributed by atoms with Gasteiger partial charge in [-0.2, -0.15) is 0 Å². The molecule has 2 rings (SSSR count). The van der Waals surface area contributed by atoms with Crippen molar-refractivity contribution in [1.29, 1.82) is 0 Å². The van der Waals surface area contributed by atoms with E-state index in [1.165, 1.54) is 24.2 Å². The minimum atomic E-state index is 0.117. The molecule has 1 unspecified atom stereocenters. The standard InChI is InChI=1S/C12H19NO/c1-3-7-12(4-2)11-10(5-8-13-12)6-9-14-11/h6,9,13H,3-5,7-8H2,1-2H3. The van der Waals surface area contributed by atoms with Gasteiger partial charge in [0.05, 0.1) is 11.8 Å². The largest absolute Gasteiger partial charge is 0.467 e. The van der Waals surface area contributed by atoms with Gasteiger partial charge in [0.15, 0.2) is 0 Å². The van der Waals surface area contributed by atoms with Crippen molar-refractivity contribution in [1.82, 2.24) is 5.32 Å². The molecule has 0 spiro atoms. The van der Waals surface area contributed by atoms with Gasteiger partial charge in [0.2, 0.25) is 0 Å². The lowest BCUT2D eigenvalue weighted by Gasteiger charge is -2.36. The Kier molecular flexibility index (Phi) is 2.64. The molecule has 1 aromatic rings. The molecule has 14 heavy (non-hydrogen) atoms. The van der Waals surface area contributed by atoms with Gasteiger partial charge in [0.25, 0.3) is 0 Å². The number of hydrogen-bond acceptors (Lipinski definition) is 2. The lowest BCUT2D eigenvalue weighted by Crippen LogP contribution is -2.46. The van der Waals surface area contributed by atoms with Crippen LogP contribution < -0.4 is 5.32 Å². The molecule has 1 aliphatic heterocycles. The summed E-state index contributed by atoms with van der Waals surface area (Å²) in [6.45, 7) is 5.55. The van der Waals surface area contributed by atoms with Crippen molar-refractivity contribution in [3.63, 3.8) is 0 Å². The van der Waals surface area contributed by atoms with Gasteiger partial charge in [-0.05, 0) is 30.9 Å². The summed E-state index contributed by atoms with van der Waals surface area (Å²) in [5.41, 5.74) is 1.52. The van der Waals surface area contributed by atoms with Crippen molar-refractivity contribution in [2.24, 2.45) is 0 Å². The van der Waals surface area contributed by atoms with E-state index in [4.69, 9.17) is 4.42 Å². The zero-order chi connectivity index (χ0) is 10.0. The minimum absolute atomic E-state index is 0.117. The average molecular weight is 193 g/mol. The maximum Gasteiger partial charge on any atom is 0.127 e. The first kappa shape index (κ1) is 9.78. The fourth-order valence-corrected chi connectivity index (χ4v) is 2.56. The SMILES string of the molecule is CCCC1(CC)NCCc2ccoc21. The van der Waals surface area contributed by atoms with Crippen LogP contribution >= 0.6 is 0 Å². The lowest BCUT2D eigenvalue weighted by molar-refractivity contribution is 0.225. The fraction of sp³-hybridized carbons (Fsp3) is 0.667. The number of fused-ring (bicyclic) bond motifs is 1. The summed E-state index contributed by atoms with van der Waals surface area (Å²) >= 11 is 0. The molecule has 0 radical (unpaired) electrons. The molecule has 0 saturated carbocycles. The molecular formula is C12H19NO. The summed E-state index contributed by atoms with van der Waals surface area (Å²) in [6, 6.07) is 2.12. The Morgan fingerprint density at radius 2 is 2.36 bits per heavy atom. The second-order valence-electron chi connectivity index (χ2n) is 4.14. The molecule has 1 atom stereocenters. The van der Waals surface area contributed by atoms with Gasteiger partial charge in [0, 0.05) is 6.54 Å². The van der Waals surface area contributed by atoms with Crippen LogP contribution in [0.4, 0.5) is 0 Å². The third kappa shape index (κ3) is 1.38. The van der Waals surface area contributed by atoms with E-state index in [0.29, 0.717) is 0 Å². The molecule has 1 aliphatic rings. The van der Waals surface area contributed by atoms with Gasteiger partial charge < -0.3 is 9.73 Å². The van der Waals surface area contributed by atoms with Crippen molar-refractivity contribution in [2.45, 2.75) is 45.1 Å². The van der Waals surface area contributed by atoms with E-state index >= 15 is 0 Å². The monoisotopic (exact) mass is 193 g/mol. The first-order valence-electron chi connectivity index (χ1n) is 5.64. The van der Waals surface area contributed by atoms with Crippen LogP contribution in [0.15, 0.2) is 16.7 Å². The third-order valence-electron chi connectivity index (χ3n) is 3.32. The number of rotatable bonds is 3. The second-order valence-corrected chi connectivity index (χ2v) is 4.14. The van der Waals surface area contributed by atoms with Crippen LogP contribution in [0.2, 0.25) is 0 Å². The van der Waals surface area contributed by atoms with Crippen molar-refractivity contribution >= 4 is 0 Å². The van der Waals surface area contributed by atoms with Crippen LogP contribution in [0.25, 0.3) is 0 Å². The van der Waals surface area contributed by atoms with Gasteiger partial charge in [-0.15, -0.1) is 0 Å². The Morgan fingerprint density at radius 1 is 1.50 bits per heavy atom. The molecule has 2 heteroatoms. The Bertz CT molecular complexity index is 305. The smallest absolute Gasteiger partial charge is 0.127 e. The molecule has 2 heterocycles. The minimum Gasteiger partial charge on any atom is -0.467 e. The van der Waals surface area contributed by atoms with Crippen LogP contribution in [0.1, 0.15) is 44.4 Å². The van der Waals surface area contributed by atoms with Gasteiger partial charge in [-0.25, -0.2) is 0 Å². The van der Waals surface area contributed by atoms with Crippen LogP contribution in [0, 0.1) is 0 Å². The van der Waals surface area contributed by atoms with Crippen molar-refractivity contribution < 1.29 is 4.42 Å². The molecule has 1 N–H and O–H groups in total. The Morgan fingerprint density at radius 3 is 3.07 bits per heavy atom. The molecule has 0 aromatic carbocycles. The van der Waals surface area contributed by atoms with E-state index in [9.17, 15) is 0 Å². The van der Waals surface area contributed by atoms with Crippen LogP contribution in [0.5, 0.6) is 0 Å². The Labute approximate surface area is 85.7 Å². The molecule has 1 aromatic heterocycles. The van der Waals surface area contributed by atoms with E-state index in [2.05, 4.69) is 25.2 Å². The molecule has 0 saturated heterocycles. The summed E-state index contributed by atoms with van der Waals surface area (Å²) in [6.07, 6.45) is 6.42. The van der Waals surface area contributed by atoms with Gasteiger partial charge in [-0.1, -0.05) is 20.3 Å². The van der Waals surface area contributed by atoms with Gasteiger partial charge >= 0.3 is 0 Å². The summed E-state index contributed by atoms with van der Waals surface area (Å²) in [5, 5.41) is 3.63. The topological polar surface area (TPSA) is 25.2 Å². The normalized spacial score (nSPS) is 26.1. The van der Waals surface area contributed by atoms with Gasteiger partial charge in [0.1, 0.15) is 5.76 Å². The Hall–Kier alpha value is -0.760. The van der Waals surface area contributed by atoms with E-state index in [1.54, 1.807) is 0 Å². The molecule has 0 amide bonds. The highest BCUT2D eigenvalue weighted by atomic mass is 16.3. The molecule has 0 fully saturated rings. The van der Waals surface area contributed by atoms with Gasteiger partial charge in [-0.3, -0.25) is 0 Å². The average Bonchev–Trinajstić information content (AvgIpc) is 2.67. The zero-order valence-electron chi connectivity index (χ0n) is 9.10. The van der Waals surface area contributed by atoms with Crippen molar-refractivity contribution in [2.75, 3.05) is 6.54 Å².